The monoisotopic (exact) mass is 359 g/mol. The smallest absolute Gasteiger partial charge is 0.270 e. The molecule has 130 valence electrons. The van der Waals surface area contributed by atoms with Crippen molar-refractivity contribution in [3.8, 4) is 17.3 Å². The molecule has 2 aromatic heterocycles. The largest absolute Gasteiger partial charge is 0.300 e. The third-order valence-corrected chi connectivity index (χ3v) is 4.32. The molecule has 0 aliphatic heterocycles. The van der Waals surface area contributed by atoms with Gasteiger partial charge in [0.2, 0.25) is 5.91 Å². The highest BCUT2D eigenvalue weighted by molar-refractivity contribution is 7.99. The van der Waals surface area contributed by atoms with Crippen molar-refractivity contribution in [2.75, 3.05) is 5.75 Å². The van der Waals surface area contributed by atoms with Gasteiger partial charge >= 0.3 is 0 Å². The minimum Gasteiger partial charge on any atom is -0.300 e. The molecule has 0 saturated carbocycles. The highest BCUT2D eigenvalue weighted by Gasteiger charge is 2.13. The Kier molecular flexibility index (Phi) is 7.13. The number of carbonyl (C=O) groups excluding carboxylic acids is 1. The van der Waals surface area contributed by atoms with Crippen molar-refractivity contribution < 1.29 is 10.0 Å². The summed E-state index contributed by atoms with van der Waals surface area (Å²) in [6.45, 7) is 0. The Labute approximate surface area is 148 Å². The van der Waals surface area contributed by atoms with Gasteiger partial charge in [0.05, 0.1) is 5.69 Å². The van der Waals surface area contributed by atoms with E-state index in [1.807, 2.05) is 6.07 Å². The predicted octanol–water partition coefficient (Wildman–Crippen LogP) is 1.86. The van der Waals surface area contributed by atoms with Crippen LogP contribution in [0.2, 0.25) is 0 Å². The zero-order valence-corrected chi connectivity index (χ0v) is 14.2. The fourth-order valence-electron chi connectivity index (χ4n) is 2.13. The number of nitriles is 1. The third-order valence-electron chi connectivity index (χ3n) is 3.36. The van der Waals surface area contributed by atoms with E-state index in [-0.39, 0.29) is 12.0 Å². The molecule has 0 bridgehead atoms. The minimum absolute atomic E-state index is 0.0348. The number of nitrogens with one attached hydrogen (secondary N) is 2. The van der Waals surface area contributed by atoms with Gasteiger partial charge in [0.15, 0.2) is 5.16 Å². The maximum Gasteiger partial charge on any atom is 0.270 e. The zero-order chi connectivity index (χ0) is 18.1. The summed E-state index contributed by atoms with van der Waals surface area (Å²) in [4.78, 5) is 34.0. The maximum absolute atomic E-state index is 12.1. The molecule has 0 unspecified atom stereocenters. The lowest BCUT2D eigenvalue weighted by molar-refractivity contribution is -0.129. The second kappa shape index (κ2) is 9.56. The average molecular weight is 359 g/mol. The number of hydroxylamine groups is 1. The SMILES string of the molecule is N#Cc1c(-c2cccnc2)nc(SCCCCCC(=O)NO)[nH]c1=O. The molecule has 9 heteroatoms. The number of thioether (sulfide) groups is 1. The lowest BCUT2D eigenvalue weighted by atomic mass is 10.1. The van der Waals surface area contributed by atoms with Crippen molar-refractivity contribution in [2.45, 2.75) is 30.8 Å². The van der Waals surface area contributed by atoms with Gasteiger partial charge in [-0.05, 0) is 25.0 Å². The Morgan fingerprint density at radius 2 is 2.24 bits per heavy atom. The molecule has 8 nitrogen and oxygen atoms in total. The van der Waals surface area contributed by atoms with Crippen LogP contribution < -0.4 is 11.0 Å². The molecule has 1 amide bonds. The number of amides is 1. The van der Waals surface area contributed by atoms with Crippen LogP contribution in [0, 0.1) is 11.3 Å². The van der Waals surface area contributed by atoms with Gasteiger partial charge in [-0.3, -0.25) is 19.8 Å². The molecule has 25 heavy (non-hydrogen) atoms. The van der Waals surface area contributed by atoms with Gasteiger partial charge in [-0.2, -0.15) is 5.26 Å². The number of aromatic nitrogens is 3. The second-order valence-electron chi connectivity index (χ2n) is 5.14. The molecule has 0 aliphatic carbocycles. The quantitative estimate of drug-likeness (QED) is 0.215. The molecule has 0 aliphatic rings. The standard InChI is InChI=1S/C16H17N5O3S/c17-9-12-14(11-5-4-7-18-10-11)19-16(20-15(12)23)25-8-3-1-2-6-13(22)21-24/h4-5,7,10,24H,1-3,6,8H2,(H,21,22)(H,19,20,23). The second-order valence-corrected chi connectivity index (χ2v) is 6.23. The van der Waals surface area contributed by atoms with Gasteiger partial charge in [0.25, 0.3) is 5.56 Å². The van der Waals surface area contributed by atoms with E-state index in [1.165, 1.54) is 11.8 Å². The Morgan fingerprint density at radius 3 is 2.92 bits per heavy atom. The zero-order valence-electron chi connectivity index (χ0n) is 13.4. The number of rotatable bonds is 8. The first kappa shape index (κ1) is 18.6. The average Bonchev–Trinajstić information content (AvgIpc) is 2.64. The molecule has 0 aromatic carbocycles. The van der Waals surface area contributed by atoms with E-state index in [0.717, 1.165) is 12.8 Å². The summed E-state index contributed by atoms with van der Waals surface area (Å²) >= 11 is 1.38. The van der Waals surface area contributed by atoms with Crippen LogP contribution in [0.4, 0.5) is 0 Å². The molecular weight excluding hydrogens is 342 g/mol. The Hall–Kier alpha value is -2.70. The van der Waals surface area contributed by atoms with E-state index in [9.17, 15) is 14.9 Å². The van der Waals surface area contributed by atoms with E-state index in [0.29, 0.717) is 28.6 Å². The van der Waals surface area contributed by atoms with Crippen LogP contribution in [0.1, 0.15) is 31.2 Å². The van der Waals surface area contributed by atoms with Gasteiger partial charge in [-0.15, -0.1) is 0 Å². The Morgan fingerprint density at radius 1 is 1.40 bits per heavy atom. The molecule has 0 atom stereocenters. The van der Waals surface area contributed by atoms with Crippen LogP contribution in [0.3, 0.4) is 0 Å². The van der Waals surface area contributed by atoms with E-state index >= 15 is 0 Å². The van der Waals surface area contributed by atoms with Gasteiger partial charge in [-0.1, -0.05) is 18.2 Å². The van der Waals surface area contributed by atoms with Gasteiger partial charge in [0.1, 0.15) is 11.6 Å². The van der Waals surface area contributed by atoms with Crippen LogP contribution in [0.25, 0.3) is 11.3 Å². The fourth-order valence-corrected chi connectivity index (χ4v) is 2.99. The van der Waals surface area contributed by atoms with Crippen molar-refractivity contribution in [3.63, 3.8) is 0 Å². The molecule has 0 saturated heterocycles. The van der Waals surface area contributed by atoms with Crippen molar-refractivity contribution in [3.05, 3.63) is 40.4 Å². The number of H-pyrrole nitrogens is 1. The summed E-state index contributed by atoms with van der Waals surface area (Å²) in [6, 6.07) is 5.35. The number of hydrogen-bond donors (Lipinski definition) is 3. The summed E-state index contributed by atoms with van der Waals surface area (Å²) in [5, 5.41) is 18.0. The van der Waals surface area contributed by atoms with E-state index in [1.54, 1.807) is 30.0 Å². The van der Waals surface area contributed by atoms with E-state index in [2.05, 4.69) is 15.0 Å². The van der Waals surface area contributed by atoms with E-state index < -0.39 is 11.5 Å². The van der Waals surface area contributed by atoms with Gasteiger partial charge < -0.3 is 4.98 Å². The van der Waals surface area contributed by atoms with Crippen molar-refractivity contribution in [1.29, 1.82) is 5.26 Å². The van der Waals surface area contributed by atoms with E-state index in [4.69, 9.17) is 5.21 Å². The molecule has 0 spiro atoms. The summed E-state index contributed by atoms with van der Waals surface area (Å²) in [7, 11) is 0. The predicted molar refractivity (Wildman–Crippen MR) is 91.9 cm³/mol. The van der Waals surface area contributed by atoms with Crippen LogP contribution in [0.5, 0.6) is 0 Å². The highest BCUT2D eigenvalue weighted by Crippen LogP contribution is 2.21. The summed E-state index contributed by atoms with van der Waals surface area (Å²) in [5.74, 6) is 0.314. The van der Waals surface area contributed by atoms with Crippen LogP contribution >= 0.6 is 11.8 Å². The maximum atomic E-state index is 12.1. The summed E-state index contributed by atoms with van der Waals surface area (Å²) < 4.78 is 0. The molecule has 2 heterocycles. The molecule has 0 radical (unpaired) electrons. The van der Waals surface area contributed by atoms with Gasteiger partial charge in [0, 0.05) is 30.1 Å². The van der Waals surface area contributed by atoms with Crippen molar-refractivity contribution in [1.82, 2.24) is 20.4 Å². The Bertz CT molecular complexity index is 817. The molecule has 2 rings (SSSR count). The lowest BCUT2D eigenvalue weighted by Gasteiger charge is -2.06. The molecule has 0 fully saturated rings. The lowest BCUT2D eigenvalue weighted by Crippen LogP contribution is -2.17. The third kappa shape index (κ3) is 5.41. The number of hydrogen-bond acceptors (Lipinski definition) is 7. The number of nitrogens with zero attached hydrogens (tertiary/aromatic N) is 3. The molecule has 3 N–H and O–H groups in total. The van der Waals surface area contributed by atoms with Crippen LogP contribution in [-0.4, -0.2) is 31.8 Å². The van der Waals surface area contributed by atoms with Crippen molar-refractivity contribution in [2.24, 2.45) is 0 Å². The van der Waals surface area contributed by atoms with Crippen molar-refractivity contribution >= 4 is 17.7 Å². The van der Waals surface area contributed by atoms with Crippen LogP contribution in [0.15, 0.2) is 34.5 Å². The number of aromatic amines is 1. The Balaban J connectivity index is 2.01. The first-order valence-corrected chi connectivity index (χ1v) is 8.65. The number of pyridine rings is 1. The number of unbranched alkanes of at least 4 members (excludes halogenated alkanes) is 2. The summed E-state index contributed by atoms with van der Waals surface area (Å²) in [6.07, 6.45) is 5.76. The van der Waals surface area contributed by atoms with Gasteiger partial charge in [-0.25, -0.2) is 10.5 Å². The first-order chi connectivity index (χ1) is 12.2. The minimum atomic E-state index is -0.474. The highest BCUT2D eigenvalue weighted by atomic mass is 32.2. The summed E-state index contributed by atoms with van der Waals surface area (Å²) in [5.41, 5.74) is 2.02. The number of carbonyl (C=O) groups is 1. The molecular formula is C16H17N5O3S. The fraction of sp³-hybridized carbons (Fsp3) is 0.312. The van der Waals surface area contributed by atoms with Crippen LogP contribution in [-0.2, 0) is 4.79 Å². The normalized spacial score (nSPS) is 10.2. The topological polar surface area (TPSA) is 132 Å². The first-order valence-electron chi connectivity index (χ1n) is 7.66. The molecule has 2 aromatic rings.